The monoisotopic (exact) mass is 466 g/mol. The van der Waals surface area contributed by atoms with E-state index in [1.807, 2.05) is 47.2 Å². The number of hydrogen-bond acceptors (Lipinski definition) is 4. The molecule has 0 atom stereocenters. The first-order valence-electron chi connectivity index (χ1n) is 11.3. The highest BCUT2D eigenvalue weighted by Crippen LogP contribution is 2.26. The highest BCUT2D eigenvalue weighted by Gasteiger charge is 2.32. The van der Waals surface area contributed by atoms with Crippen LogP contribution in [0, 0.1) is 5.92 Å². The summed E-state index contributed by atoms with van der Waals surface area (Å²) in [5, 5.41) is 3.00. The molecule has 8 heteroatoms. The van der Waals surface area contributed by atoms with E-state index in [-0.39, 0.29) is 11.8 Å². The molecule has 2 heterocycles. The lowest BCUT2D eigenvalue weighted by molar-refractivity contribution is -0.120. The number of imidazole rings is 1. The van der Waals surface area contributed by atoms with Crippen LogP contribution in [0.1, 0.15) is 43.7 Å². The van der Waals surface area contributed by atoms with Gasteiger partial charge in [-0.15, -0.1) is 0 Å². The number of sulfonamides is 1. The van der Waals surface area contributed by atoms with Crippen LogP contribution >= 0.6 is 0 Å². The van der Waals surface area contributed by atoms with Crippen molar-refractivity contribution >= 4 is 21.6 Å². The van der Waals surface area contributed by atoms with E-state index in [4.69, 9.17) is 0 Å². The van der Waals surface area contributed by atoms with E-state index in [0.29, 0.717) is 43.3 Å². The first-order valence-corrected chi connectivity index (χ1v) is 12.7. The standard InChI is InChI=1S/C25H30N4O3S/c1-19(2)21-6-8-24(9-7-21)33(31,32)29-13-10-22(11-14-29)25(30)27-23-5-3-4-20(16-23)17-28-15-12-26-18-28/h3-9,12,15-16,18-19,22H,10-11,13-14,17H2,1-2H3,(H,27,30). The van der Waals surface area contributed by atoms with Crippen LogP contribution in [0.5, 0.6) is 0 Å². The summed E-state index contributed by atoms with van der Waals surface area (Å²) in [6.07, 6.45) is 6.39. The molecule has 1 fully saturated rings. The van der Waals surface area contributed by atoms with Gasteiger partial charge in [-0.3, -0.25) is 4.79 Å². The average molecular weight is 467 g/mol. The van der Waals surface area contributed by atoms with Gasteiger partial charge in [0, 0.05) is 43.6 Å². The van der Waals surface area contributed by atoms with Gasteiger partial charge >= 0.3 is 0 Å². The van der Waals surface area contributed by atoms with Crippen molar-refractivity contribution < 1.29 is 13.2 Å². The molecule has 1 aliphatic heterocycles. The van der Waals surface area contributed by atoms with Crippen LogP contribution in [0.2, 0.25) is 0 Å². The topological polar surface area (TPSA) is 84.3 Å². The Hall–Kier alpha value is -2.97. The van der Waals surface area contributed by atoms with Crippen molar-refractivity contribution in [1.82, 2.24) is 13.9 Å². The summed E-state index contributed by atoms with van der Waals surface area (Å²) in [5.74, 6) is 0.0767. The zero-order chi connectivity index (χ0) is 23.4. The van der Waals surface area contributed by atoms with Gasteiger partial charge in [-0.2, -0.15) is 4.31 Å². The van der Waals surface area contributed by atoms with Crippen molar-refractivity contribution in [2.45, 2.75) is 44.0 Å². The molecule has 1 amide bonds. The Morgan fingerprint density at radius 1 is 1.12 bits per heavy atom. The molecule has 3 aromatic rings. The first-order chi connectivity index (χ1) is 15.8. The Morgan fingerprint density at radius 2 is 1.85 bits per heavy atom. The smallest absolute Gasteiger partial charge is 0.243 e. The maximum absolute atomic E-state index is 13.0. The van der Waals surface area contributed by atoms with Gasteiger partial charge < -0.3 is 9.88 Å². The third kappa shape index (κ3) is 5.51. The Bertz CT molecular complexity index is 1180. The van der Waals surface area contributed by atoms with Crippen LogP contribution in [0.4, 0.5) is 5.69 Å². The van der Waals surface area contributed by atoms with Crippen LogP contribution in [0.3, 0.4) is 0 Å². The maximum Gasteiger partial charge on any atom is 0.243 e. The van der Waals surface area contributed by atoms with Gasteiger partial charge in [0.1, 0.15) is 0 Å². The van der Waals surface area contributed by atoms with Crippen molar-refractivity contribution in [3.63, 3.8) is 0 Å². The van der Waals surface area contributed by atoms with Gasteiger partial charge in [0.05, 0.1) is 11.2 Å². The number of carbonyl (C=O) groups is 1. The fourth-order valence-corrected chi connectivity index (χ4v) is 5.58. The summed E-state index contributed by atoms with van der Waals surface area (Å²) in [4.78, 5) is 17.2. The molecule has 0 unspecified atom stereocenters. The number of rotatable bonds is 7. The zero-order valence-electron chi connectivity index (χ0n) is 19.0. The van der Waals surface area contributed by atoms with E-state index in [1.54, 1.807) is 24.7 Å². The lowest BCUT2D eigenvalue weighted by Gasteiger charge is -2.30. The van der Waals surface area contributed by atoms with Crippen LogP contribution < -0.4 is 5.32 Å². The van der Waals surface area contributed by atoms with E-state index in [9.17, 15) is 13.2 Å². The van der Waals surface area contributed by atoms with E-state index in [2.05, 4.69) is 24.1 Å². The minimum Gasteiger partial charge on any atom is -0.333 e. The second-order valence-electron chi connectivity index (χ2n) is 8.83. The van der Waals surface area contributed by atoms with E-state index < -0.39 is 10.0 Å². The van der Waals surface area contributed by atoms with E-state index >= 15 is 0 Å². The number of anilines is 1. The van der Waals surface area contributed by atoms with Crippen LogP contribution in [-0.2, 0) is 21.4 Å². The molecule has 0 radical (unpaired) electrons. The van der Waals surface area contributed by atoms with Crippen molar-refractivity contribution in [2.75, 3.05) is 18.4 Å². The van der Waals surface area contributed by atoms with Crippen LogP contribution in [-0.4, -0.2) is 41.3 Å². The van der Waals surface area contributed by atoms with Gasteiger partial charge in [0.25, 0.3) is 0 Å². The summed E-state index contributed by atoms with van der Waals surface area (Å²) < 4.78 is 29.5. The third-order valence-corrected chi connectivity index (χ3v) is 8.04. The predicted octanol–water partition coefficient (Wildman–Crippen LogP) is 4.09. The number of amides is 1. The third-order valence-electron chi connectivity index (χ3n) is 6.13. The Balaban J connectivity index is 1.34. The van der Waals surface area contributed by atoms with Gasteiger partial charge in [-0.05, 0) is 54.2 Å². The number of nitrogens with zero attached hydrogens (tertiary/aromatic N) is 3. The van der Waals surface area contributed by atoms with Gasteiger partial charge in [-0.25, -0.2) is 13.4 Å². The number of nitrogens with one attached hydrogen (secondary N) is 1. The fourth-order valence-electron chi connectivity index (χ4n) is 4.11. The number of hydrogen-bond donors (Lipinski definition) is 1. The second-order valence-corrected chi connectivity index (χ2v) is 10.8. The summed E-state index contributed by atoms with van der Waals surface area (Å²) >= 11 is 0. The molecule has 1 saturated heterocycles. The van der Waals surface area contributed by atoms with Gasteiger partial charge in [-0.1, -0.05) is 38.1 Å². The predicted molar refractivity (Wildman–Crippen MR) is 128 cm³/mol. The Morgan fingerprint density at radius 3 is 2.48 bits per heavy atom. The van der Waals surface area contributed by atoms with Crippen LogP contribution in [0.25, 0.3) is 0 Å². The largest absolute Gasteiger partial charge is 0.333 e. The maximum atomic E-state index is 13.0. The van der Waals surface area contributed by atoms with Crippen molar-refractivity contribution in [3.05, 3.63) is 78.4 Å². The molecule has 1 aliphatic rings. The first kappa shape index (κ1) is 23.2. The molecule has 4 rings (SSSR count). The van der Waals surface area contributed by atoms with Crippen molar-refractivity contribution in [3.8, 4) is 0 Å². The highest BCUT2D eigenvalue weighted by molar-refractivity contribution is 7.89. The van der Waals surface area contributed by atoms with Gasteiger partial charge in [0.2, 0.25) is 15.9 Å². The molecule has 2 aromatic carbocycles. The van der Waals surface area contributed by atoms with Crippen LogP contribution in [0.15, 0.2) is 72.1 Å². The molecular weight excluding hydrogens is 436 g/mol. The number of piperidine rings is 1. The highest BCUT2D eigenvalue weighted by atomic mass is 32.2. The number of benzene rings is 2. The Labute approximate surface area is 195 Å². The molecule has 1 aromatic heterocycles. The zero-order valence-corrected chi connectivity index (χ0v) is 19.8. The van der Waals surface area contributed by atoms with Gasteiger partial charge in [0.15, 0.2) is 0 Å². The van der Waals surface area contributed by atoms with E-state index in [1.165, 1.54) is 4.31 Å². The molecular formula is C25H30N4O3S. The number of carbonyl (C=O) groups excluding carboxylic acids is 1. The molecule has 0 bridgehead atoms. The van der Waals surface area contributed by atoms with Crippen molar-refractivity contribution in [1.29, 1.82) is 0 Å². The fraction of sp³-hybridized carbons (Fsp3) is 0.360. The normalized spacial score (nSPS) is 15.6. The second kappa shape index (κ2) is 9.89. The molecule has 1 N–H and O–H groups in total. The quantitative estimate of drug-likeness (QED) is 0.568. The minimum atomic E-state index is -3.55. The summed E-state index contributed by atoms with van der Waals surface area (Å²) in [6, 6.07) is 14.9. The Kier molecular flexibility index (Phi) is 6.95. The SMILES string of the molecule is CC(C)c1ccc(S(=O)(=O)N2CCC(C(=O)Nc3cccc(Cn4ccnc4)c3)CC2)cc1. The molecule has 174 valence electrons. The molecule has 0 saturated carbocycles. The average Bonchev–Trinajstić information content (AvgIpc) is 3.32. The minimum absolute atomic E-state index is 0.0619. The summed E-state index contributed by atoms with van der Waals surface area (Å²) in [5.41, 5.74) is 2.92. The molecule has 33 heavy (non-hydrogen) atoms. The molecule has 0 spiro atoms. The van der Waals surface area contributed by atoms with E-state index in [0.717, 1.165) is 16.8 Å². The lowest BCUT2D eigenvalue weighted by Crippen LogP contribution is -2.41. The van der Waals surface area contributed by atoms with Crippen molar-refractivity contribution in [2.24, 2.45) is 5.92 Å². The molecule has 7 nitrogen and oxygen atoms in total. The summed E-state index contributed by atoms with van der Waals surface area (Å²) in [6.45, 7) is 5.52. The lowest BCUT2D eigenvalue weighted by atomic mass is 9.97. The summed E-state index contributed by atoms with van der Waals surface area (Å²) in [7, 11) is -3.55. The number of aromatic nitrogens is 2. The molecule has 0 aliphatic carbocycles.